The first-order chi connectivity index (χ1) is 5.10. The van der Waals surface area contributed by atoms with Crippen molar-refractivity contribution >= 4 is 5.91 Å². The summed E-state index contributed by atoms with van der Waals surface area (Å²) in [6.45, 7) is 3.59. The molecule has 0 aromatic rings. The standard InChI is InChI=1S/C7H10N3O/c1-3-7(6(8)11)4-5(2)9-10-7/h4,8H,3H2,1-2H3. The SMILES string of the molecule is CCC1(C([NH])=O)C=C(C)N=N1. The Morgan fingerprint density at radius 1 is 1.82 bits per heavy atom. The third kappa shape index (κ3) is 1.15. The Bertz CT molecular complexity index is 244. The highest BCUT2D eigenvalue weighted by Crippen LogP contribution is 2.26. The molecule has 1 rings (SSSR count). The summed E-state index contributed by atoms with van der Waals surface area (Å²) in [6.07, 6.45) is 2.15. The summed E-state index contributed by atoms with van der Waals surface area (Å²) in [4.78, 5) is 10.8. The second-order valence-electron chi connectivity index (χ2n) is 2.59. The average molecular weight is 152 g/mol. The summed E-state index contributed by atoms with van der Waals surface area (Å²) in [5, 5.41) is 7.49. The molecule has 0 saturated carbocycles. The number of amides is 1. The van der Waals surface area contributed by atoms with E-state index < -0.39 is 11.4 Å². The summed E-state index contributed by atoms with van der Waals surface area (Å²) in [5.41, 5.74) is 6.72. The van der Waals surface area contributed by atoms with Crippen molar-refractivity contribution in [3.63, 3.8) is 0 Å². The predicted octanol–water partition coefficient (Wildman–Crippen LogP) is 1.31. The van der Waals surface area contributed by atoms with Crippen LogP contribution in [0.4, 0.5) is 0 Å². The minimum atomic E-state index is -0.968. The van der Waals surface area contributed by atoms with E-state index in [1.807, 2.05) is 6.92 Å². The minimum Gasteiger partial charge on any atom is -0.270 e. The van der Waals surface area contributed by atoms with E-state index in [1.54, 1.807) is 13.0 Å². The first kappa shape index (κ1) is 7.91. The molecule has 1 amide bonds. The van der Waals surface area contributed by atoms with Gasteiger partial charge in [-0.15, -0.1) is 0 Å². The van der Waals surface area contributed by atoms with Gasteiger partial charge in [0.25, 0.3) is 5.91 Å². The van der Waals surface area contributed by atoms with E-state index in [4.69, 9.17) is 5.73 Å². The van der Waals surface area contributed by atoms with Gasteiger partial charge < -0.3 is 0 Å². The summed E-state index contributed by atoms with van der Waals surface area (Å²) in [7, 11) is 0. The maximum Gasteiger partial charge on any atom is 0.272 e. The zero-order valence-corrected chi connectivity index (χ0v) is 6.59. The number of carbonyl (C=O) groups is 1. The topological polar surface area (TPSA) is 65.6 Å². The van der Waals surface area contributed by atoms with Gasteiger partial charge in [0.1, 0.15) is 0 Å². The van der Waals surface area contributed by atoms with Crippen molar-refractivity contribution in [1.82, 2.24) is 5.73 Å². The molecule has 11 heavy (non-hydrogen) atoms. The Morgan fingerprint density at radius 3 is 2.64 bits per heavy atom. The first-order valence-electron chi connectivity index (χ1n) is 3.49. The molecule has 0 aromatic heterocycles. The first-order valence-corrected chi connectivity index (χ1v) is 3.49. The molecule has 4 nitrogen and oxygen atoms in total. The zero-order valence-electron chi connectivity index (χ0n) is 6.59. The molecule has 0 bridgehead atoms. The zero-order chi connectivity index (χ0) is 8.48. The smallest absolute Gasteiger partial charge is 0.270 e. The molecule has 1 N–H and O–H groups in total. The lowest BCUT2D eigenvalue weighted by Gasteiger charge is -2.13. The molecule has 59 valence electrons. The van der Waals surface area contributed by atoms with Crippen LogP contribution in [0.5, 0.6) is 0 Å². The van der Waals surface area contributed by atoms with Crippen LogP contribution in [-0.4, -0.2) is 11.4 Å². The molecule has 1 aliphatic rings. The van der Waals surface area contributed by atoms with Gasteiger partial charge in [-0.25, -0.2) is 0 Å². The third-order valence-corrected chi connectivity index (χ3v) is 1.77. The average Bonchev–Trinajstić information content (AvgIpc) is 2.33. The lowest BCUT2D eigenvalue weighted by Crippen LogP contribution is -2.33. The van der Waals surface area contributed by atoms with Crippen LogP contribution in [0.15, 0.2) is 22.0 Å². The highest BCUT2D eigenvalue weighted by atomic mass is 16.1. The summed E-state index contributed by atoms with van der Waals surface area (Å²) >= 11 is 0. The Labute approximate surface area is 65.2 Å². The number of nitrogens with zero attached hydrogens (tertiary/aromatic N) is 2. The van der Waals surface area contributed by atoms with Gasteiger partial charge in [-0.2, -0.15) is 10.2 Å². The Balaban J connectivity index is 2.98. The number of carbonyl (C=O) groups excluding carboxylic acids is 1. The highest BCUT2D eigenvalue weighted by molar-refractivity contribution is 5.87. The molecule has 0 aromatic carbocycles. The molecule has 1 unspecified atom stereocenters. The number of azo groups is 1. The monoisotopic (exact) mass is 152 g/mol. The van der Waals surface area contributed by atoms with Gasteiger partial charge in [-0.3, -0.25) is 10.5 Å². The van der Waals surface area contributed by atoms with Crippen molar-refractivity contribution in [2.75, 3.05) is 0 Å². The van der Waals surface area contributed by atoms with Gasteiger partial charge in [-0.1, -0.05) is 6.92 Å². The second-order valence-corrected chi connectivity index (χ2v) is 2.59. The molecular weight excluding hydrogens is 142 g/mol. The maximum absolute atomic E-state index is 10.8. The van der Waals surface area contributed by atoms with Crippen LogP contribution in [0.1, 0.15) is 20.3 Å². The van der Waals surface area contributed by atoms with Crippen molar-refractivity contribution in [3.8, 4) is 0 Å². The largest absolute Gasteiger partial charge is 0.272 e. The lowest BCUT2D eigenvalue weighted by molar-refractivity contribution is -0.122. The second kappa shape index (κ2) is 2.45. The Hall–Kier alpha value is -1.19. The summed E-state index contributed by atoms with van der Waals surface area (Å²) in [5.74, 6) is -0.680. The van der Waals surface area contributed by atoms with E-state index in [1.165, 1.54) is 0 Å². The fraction of sp³-hybridized carbons (Fsp3) is 0.571. The van der Waals surface area contributed by atoms with Crippen molar-refractivity contribution in [1.29, 1.82) is 0 Å². The number of rotatable bonds is 2. The molecule has 1 heterocycles. The van der Waals surface area contributed by atoms with Gasteiger partial charge in [0.15, 0.2) is 5.54 Å². The van der Waals surface area contributed by atoms with Crippen LogP contribution in [-0.2, 0) is 4.79 Å². The van der Waals surface area contributed by atoms with Crippen molar-refractivity contribution in [2.45, 2.75) is 25.8 Å². The Kier molecular flexibility index (Phi) is 1.76. The van der Waals surface area contributed by atoms with Crippen molar-refractivity contribution < 1.29 is 4.79 Å². The molecule has 0 aliphatic carbocycles. The minimum absolute atomic E-state index is 0.510. The van der Waals surface area contributed by atoms with Crippen LogP contribution in [0.3, 0.4) is 0 Å². The summed E-state index contributed by atoms with van der Waals surface area (Å²) in [6, 6.07) is 0. The highest BCUT2D eigenvalue weighted by Gasteiger charge is 2.36. The van der Waals surface area contributed by atoms with E-state index in [2.05, 4.69) is 10.2 Å². The van der Waals surface area contributed by atoms with Gasteiger partial charge >= 0.3 is 0 Å². The Morgan fingerprint density at radius 2 is 2.45 bits per heavy atom. The van der Waals surface area contributed by atoms with Gasteiger partial charge in [0, 0.05) is 0 Å². The van der Waals surface area contributed by atoms with Crippen LogP contribution in [0.25, 0.3) is 0 Å². The predicted molar refractivity (Wildman–Crippen MR) is 39.7 cm³/mol. The normalized spacial score (nSPS) is 28.7. The molecule has 1 atom stereocenters. The van der Waals surface area contributed by atoms with Crippen LogP contribution in [0.2, 0.25) is 0 Å². The van der Waals surface area contributed by atoms with E-state index in [0.717, 1.165) is 0 Å². The lowest BCUT2D eigenvalue weighted by atomic mass is 9.96. The fourth-order valence-corrected chi connectivity index (χ4v) is 1.02. The van der Waals surface area contributed by atoms with Crippen LogP contribution in [0, 0.1) is 0 Å². The number of hydrogen-bond acceptors (Lipinski definition) is 3. The molecule has 1 aliphatic heterocycles. The van der Waals surface area contributed by atoms with Crippen LogP contribution < -0.4 is 5.73 Å². The van der Waals surface area contributed by atoms with E-state index in [0.29, 0.717) is 12.1 Å². The molecule has 0 spiro atoms. The van der Waals surface area contributed by atoms with E-state index >= 15 is 0 Å². The molecular formula is C7H10N3O. The van der Waals surface area contributed by atoms with Gasteiger partial charge in [-0.05, 0) is 19.4 Å². The van der Waals surface area contributed by atoms with E-state index in [9.17, 15) is 4.79 Å². The molecule has 0 saturated heterocycles. The quantitative estimate of drug-likeness (QED) is 0.588. The van der Waals surface area contributed by atoms with Crippen molar-refractivity contribution in [2.24, 2.45) is 10.2 Å². The van der Waals surface area contributed by atoms with Gasteiger partial charge in [0.2, 0.25) is 0 Å². The van der Waals surface area contributed by atoms with Gasteiger partial charge in [0.05, 0.1) is 5.70 Å². The molecule has 0 fully saturated rings. The number of allylic oxidation sites excluding steroid dienone is 1. The third-order valence-electron chi connectivity index (χ3n) is 1.77. The maximum atomic E-state index is 10.8. The summed E-state index contributed by atoms with van der Waals surface area (Å²) < 4.78 is 0. The number of nitrogens with one attached hydrogen (secondary N) is 1. The number of hydrogen-bond donors (Lipinski definition) is 0. The fourth-order valence-electron chi connectivity index (χ4n) is 1.02. The molecule has 4 heteroatoms. The van der Waals surface area contributed by atoms with Crippen molar-refractivity contribution in [3.05, 3.63) is 11.8 Å². The molecule has 1 radical (unpaired) electrons. The van der Waals surface area contributed by atoms with Crippen LogP contribution >= 0.6 is 0 Å². The van der Waals surface area contributed by atoms with E-state index in [-0.39, 0.29) is 0 Å².